The van der Waals surface area contributed by atoms with Crippen LogP contribution >= 0.6 is 15.9 Å². The third-order valence-electron chi connectivity index (χ3n) is 5.25. The maximum absolute atomic E-state index is 13.1. The number of hydrogen-bond acceptors (Lipinski definition) is 3. The van der Waals surface area contributed by atoms with Crippen molar-refractivity contribution in [1.82, 2.24) is 10.2 Å². The number of aryl methyl sites for hydroxylation is 2. The fraction of sp³-hybridized carbons (Fsp3) is 0.417. The molecule has 0 saturated carbocycles. The van der Waals surface area contributed by atoms with Gasteiger partial charge in [0.1, 0.15) is 11.8 Å². The lowest BCUT2D eigenvalue weighted by Crippen LogP contribution is -2.50. The highest BCUT2D eigenvalue weighted by Crippen LogP contribution is 2.18. The maximum Gasteiger partial charge on any atom is 0.261 e. The van der Waals surface area contributed by atoms with Gasteiger partial charge in [-0.25, -0.2) is 0 Å². The van der Waals surface area contributed by atoms with Crippen molar-refractivity contribution >= 4 is 27.7 Å². The Bertz CT molecular complexity index is 885. The van der Waals surface area contributed by atoms with Crippen molar-refractivity contribution in [2.24, 2.45) is 0 Å². The lowest BCUT2D eigenvalue weighted by Gasteiger charge is -2.29. The first-order valence-electron chi connectivity index (χ1n) is 10.3. The number of hydrogen-bond donors (Lipinski definition) is 1. The van der Waals surface area contributed by atoms with E-state index < -0.39 is 6.04 Å². The molecule has 2 aromatic rings. The number of carbonyl (C=O) groups is 2. The summed E-state index contributed by atoms with van der Waals surface area (Å²) < 4.78 is 6.67. The minimum atomic E-state index is -0.617. The van der Waals surface area contributed by atoms with Gasteiger partial charge in [0.2, 0.25) is 5.91 Å². The largest absolute Gasteiger partial charge is 0.484 e. The summed E-state index contributed by atoms with van der Waals surface area (Å²) in [5, 5.41) is 2.97. The van der Waals surface area contributed by atoms with Gasteiger partial charge in [0.25, 0.3) is 5.91 Å². The summed E-state index contributed by atoms with van der Waals surface area (Å²) in [6, 6.07) is 12.9. The Morgan fingerprint density at radius 3 is 2.47 bits per heavy atom. The topological polar surface area (TPSA) is 58.6 Å². The molecule has 0 heterocycles. The van der Waals surface area contributed by atoms with Crippen LogP contribution in [0.2, 0.25) is 0 Å². The van der Waals surface area contributed by atoms with E-state index in [1.807, 2.05) is 70.2 Å². The first kappa shape index (κ1) is 23.9. The van der Waals surface area contributed by atoms with Crippen molar-refractivity contribution in [3.63, 3.8) is 0 Å². The highest BCUT2D eigenvalue weighted by atomic mass is 79.9. The second kappa shape index (κ2) is 11.2. The summed E-state index contributed by atoms with van der Waals surface area (Å²) in [4.78, 5) is 27.4. The van der Waals surface area contributed by atoms with Crippen LogP contribution in [0.25, 0.3) is 0 Å². The van der Waals surface area contributed by atoms with Gasteiger partial charge in [-0.2, -0.15) is 0 Å². The summed E-state index contributed by atoms with van der Waals surface area (Å²) in [5.74, 6) is 0.240. The number of rotatable bonds is 9. The third-order valence-corrected chi connectivity index (χ3v) is 5.74. The van der Waals surface area contributed by atoms with E-state index >= 15 is 0 Å². The van der Waals surface area contributed by atoms with Crippen LogP contribution in [0.4, 0.5) is 0 Å². The van der Waals surface area contributed by atoms with Gasteiger partial charge in [0.15, 0.2) is 6.61 Å². The van der Waals surface area contributed by atoms with Crippen molar-refractivity contribution in [3.05, 3.63) is 63.6 Å². The molecule has 0 unspecified atom stereocenters. The van der Waals surface area contributed by atoms with Crippen LogP contribution in [-0.2, 0) is 16.1 Å². The number of amides is 2. The Kier molecular flexibility index (Phi) is 8.90. The van der Waals surface area contributed by atoms with Gasteiger partial charge in [-0.05, 0) is 75.1 Å². The fourth-order valence-electron chi connectivity index (χ4n) is 2.91. The number of halogens is 1. The molecule has 2 rings (SSSR count). The molecule has 0 spiro atoms. The highest BCUT2D eigenvalue weighted by Gasteiger charge is 2.27. The second-order valence-corrected chi connectivity index (χ2v) is 8.60. The molecule has 1 N–H and O–H groups in total. The SMILES string of the molecule is CC[C@H](C)NC(=O)[C@@H](C)N(Cc1cccc(Br)c1)C(=O)COc1ccc(C)c(C)c1. The normalized spacial score (nSPS) is 12.7. The predicted molar refractivity (Wildman–Crippen MR) is 123 cm³/mol. The number of nitrogens with zero attached hydrogens (tertiary/aromatic N) is 1. The minimum Gasteiger partial charge on any atom is -0.484 e. The molecule has 2 amide bonds. The molecular formula is C24H31BrN2O3. The molecule has 0 aliphatic carbocycles. The van der Waals surface area contributed by atoms with Crippen molar-refractivity contribution < 1.29 is 14.3 Å². The number of benzene rings is 2. The van der Waals surface area contributed by atoms with Gasteiger partial charge in [-0.15, -0.1) is 0 Å². The first-order chi connectivity index (χ1) is 14.2. The van der Waals surface area contributed by atoms with E-state index in [0.29, 0.717) is 12.3 Å². The van der Waals surface area contributed by atoms with Crippen LogP contribution in [0.3, 0.4) is 0 Å². The summed E-state index contributed by atoms with van der Waals surface area (Å²) in [5.41, 5.74) is 3.21. The van der Waals surface area contributed by atoms with Gasteiger partial charge >= 0.3 is 0 Å². The number of nitrogens with one attached hydrogen (secondary N) is 1. The molecule has 0 bridgehead atoms. The second-order valence-electron chi connectivity index (χ2n) is 7.68. The Hall–Kier alpha value is -2.34. The van der Waals surface area contributed by atoms with Gasteiger partial charge < -0.3 is 15.0 Å². The highest BCUT2D eigenvalue weighted by molar-refractivity contribution is 9.10. The lowest BCUT2D eigenvalue weighted by molar-refractivity contribution is -0.142. The van der Waals surface area contributed by atoms with Crippen LogP contribution in [0.15, 0.2) is 46.9 Å². The Morgan fingerprint density at radius 2 is 1.83 bits per heavy atom. The molecular weight excluding hydrogens is 444 g/mol. The van der Waals surface area contributed by atoms with E-state index in [1.54, 1.807) is 11.8 Å². The lowest BCUT2D eigenvalue weighted by atomic mass is 10.1. The Morgan fingerprint density at radius 1 is 1.10 bits per heavy atom. The van der Waals surface area contributed by atoms with Crippen LogP contribution in [-0.4, -0.2) is 35.4 Å². The van der Waals surface area contributed by atoms with Gasteiger partial charge in [0, 0.05) is 17.1 Å². The van der Waals surface area contributed by atoms with Crippen LogP contribution in [0.5, 0.6) is 5.75 Å². The van der Waals surface area contributed by atoms with Crippen molar-refractivity contribution in [1.29, 1.82) is 0 Å². The molecule has 0 fully saturated rings. The number of ether oxygens (including phenoxy) is 1. The molecule has 30 heavy (non-hydrogen) atoms. The first-order valence-corrected chi connectivity index (χ1v) is 11.0. The standard InChI is InChI=1S/C24H31BrN2O3/c1-6-18(4)26-24(29)19(5)27(14-20-8-7-9-21(25)13-20)23(28)15-30-22-11-10-16(2)17(3)12-22/h7-13,18-19H,6,14-15H2,1-5H3,(H,26,29)/t18-,19+/m0/s1. The van der Waals surface area contributed by atoms with Gasteiger partial charge in [0.05, 0.1) is 0 Å². The molecule has 0 aliphatic rings. The van der Waals surface area contributed by atoms with Crippen molar-refractivity contribution in [3.8, 4) is 5.75 Å². The van der Waals surface area contributed by atoms with E-state index in [4.69, 9.17) is 4.74 Å². The molecule has 0 aliphatic heterocycles. The zero-order valence-corrected chi connectivity index (χ0v) is 20.0. The third kappa shape index (κ3) is 6.87. The molecule has 5 nitrogen and oxygen atoms in total. The summed E-state index contributed by atoms with van der Waals surface area (Å²) in [6.45, 7) is 9.95. The summed E-state index contributed by atoms with van der Waals surface area (Å²) >= 11 is 3.46. The zero-order chi connectivity index (χ0) is 22.3. The Labute approximate surface area is 187 Å². The fourth-order valence-corrected chi connectivity index (χ4v) is 3.36. The zero-order valence-electron chi connectivity index (χ0n) is 18.4. The van der Waals surface area contributed by atoms with Crippen molar-refractivity contribution in [2.45, 2.75) is 59.7 Å². The molecule has 0 saturated heterocycles. The summed E-state index contributed by atoms with van der Waals surface area (Å²) in [7, 11) is 0. The van der Waals surface area contributed by atoms with E-state index in [9.17, 15) is 9.59 Å². The summed E-state index contributed by atoms with van der Waals surface area (Å²) in [6.07, 6.45) is 0.827. The van der Waals surface area contributed by atoms with Gasteiger partial charge in [-0.1, -0.05) is 41.1 Å². The van der Waals surface area contributed by atoms with Crippen LogP contribution < -0.4 is 10.1 Å². The molecule has 6 heteroatoms. The van der Waals surface area contributed by atoms with E-state index in [2.05, 4.69) is 21.2 Å². The van der Waals surface area contributed by atoms with Crippen LogP contribution in [0.1, 0.15) is 43.9 Å². The van der Waals surface area contributed by atoms with Crippen molar-refractivity contribution in [2.75, 3.05) is 6.61 Å². The number of carbonyl (C=O) groups excluding carboxylic acids is 2. The average molecular weight is 475 g/mol. The maximum atomic E-state index is 13.1. The molecule has 0 radical (unpaired) electrons. The van der Waals surface area contributed by atoms with E-state index in [0.717, 1.165) is 22.0 Å². The quantitative estimate of drug-likeness (QED) is 0.568. The van der Waals surface area contributed by atoms with Crippen LogP contribution in [0, 0.1) is 13.8 Å². The van der Waals surface area contributed by atoms with E-state index in [1.165, 1.54) is 5.56 Å². The Balaban J connectivity index is 2.16. The van der Waals surface area contributed by atoms with E-state index in [-0.39, 0.29) is 24.5 Å². The molecule has 162 valence electrons. The minimum absolute atomic E-state index is 0.0505. The molecule has 2 atom stereocenters. The predicted octanol–water partition coefficient (Wildman–Crippen LogP) is 4.78. The monoisotopic (exact) mass is 474 g/mol. The smallest absolute Gasteiger partial charge is 0.261 e. The molecule has 0 aromatic heterocycles. The molecule has 2 aromatic carbocycles. The van der Waals surface area contributed by atoms with Gasteiger partial charge in [-0.3, -0.25) is 9.59 Å². The average Bonchev–Trinajstić information content (AvgIpc) is 2.72.